The second kappa shape index (κ2) is 5.12. The molecule has 2 unspecified atom stereocenters. The van der Waals surface area contributed by atoms with Gasteiger partial charge in [-0.05, 0) is 29.9 Å². The van der Waals surface area contributed by atoms with Gasteiger partial charge in [0.1, 0.15) is 0 Å². The Labute approximate surface area is 97.6 Å². The fourth-order valence-corrected chi connectivity index (χ4v) is 3.35. The Kier molecular flexibility index (Phi) is 3.78. The number of nitrogens with two attached hydrogens (primary N) is 1. The van der Waals surface area contributed by atoms with Crippen LogP contribution in [0.1, 0.15) is 18.0 Å². The number of hydrogen-bond donors (Lipinski definition) is 2. The Morgan fingerprint density at radius 2 is 2.25 bits per heavy atom. The first-order chi connectivity index (χ1) is 7.74. The van der Waals surface area contributed by atoms with Crippen molar-refractivity contribution in [3.8, 4) is 0 Å². The monoisotopic (exact) mass is 244 g/mol. The molecule has 2 rings (SSSR count). The molecule has 16 heavy (non-hydrogen) atoms. The third-order valence-corrected chi connectivity index (χ3v) is 4.12. The van der Waals surface area contributed by atoms with Crippen LogP contribution in [0.5, 0.6) is 0 Å². The molecule has 0 saturated carbocycles. The number of nitrogens with one attached hydrogen (secondary N) is 1. The van der Waals surface area contributed by atoms with E-state index in [2.05, 4.69) is 5.43 Å². The van der Waals surface area contributed by atoms with Gasteiger partial charge in [0.25, 0.3) is 0 Å². The lowest BCUT2D eigenvalue weighted by Crippen LogP contribution is -2.34. The molecular formula is C11H14F2N2S. The van der Waals surface area contributed by atoms with E-state index in [4.69, 9.17) is 5.84 Å². The fraction of sp³-hybridized carbons (Fsp3) is 0.455. The van der Waals surface area contributed by atoms with Gasteiger partial charge in [-0.3, -0.25) is 11.3 Å². The zero-order valence-corrected chi connectivity index (χ0v) is 9.57. The lowest BCUT2D eigenvalue weighted by molar-refractivity contribution is 0.378. The Balaban J connectivity index is 2.28. The molecule has 1 aliphatic heterocycles. The van der Waals surface area contributed by atoms with E-state index in [0.717, 1.165) is 24.0 Å². The molecule has 0 spiro atoms. The molecular weight excluding hydrogens is 230 g/mol. The molecule has 1 fully saturated rings. The normalized spacial score (nSPS) is 22.3. The minimum Gasteiger partial charge on any atom is -0.271 e. The van der Waals surface area contributed by atoms with Crippen molar-refractivity contribution in [2.45, 2.75) is 12.5 Å². The molecule has 0 amide bonds. The maximum atomic E-state index is 13.6. The van der Waals surface area contributed by atoms with Crippen molar-refractivity contribution in [2.24, 2.45) is 11.8 Å². The molecule has 1 saturated heterocycles. The van der Waals surface area contributed by atoms with Crippen LogP contribution in [0.15, 0.2) is 18.2 Å². The number of rotatable bonds is 3. The zero-order chi connectivity index (χ0) is 11.5. The summed E-state index contributed by atoms with van der Waals surface area (Å²) in [5.41, 5.74) is 2.94. The van der Waals surface area contributed by atoms with E-state index < -0.39 is 11.6 Å². The van der Waals surface area contributed by atoms with Crippen LogP contribution in [0, 0.1) is 17.6 Å². The highest BCUT2D eigenvalue weighted by Gasteiger charge is 2.28. The number of hydrogen-bond acceptors (Lipinski definition) is 3. The quantitative estimate of drug-likeness (QED) is 0.632. The molecule has 1 aromatic carbocycles. The van der Waals surface area contributed by atoms with E-state index in [1.807, 2.05) is 11.8 Å². The molecule has 1 aliphatic rings. The van der Waals surface area contributed by atoms with Gasteiger partial charge < -0.3 is 0 Å². The standard InChI is InChI=1S/C11H14F2N2S/c12-9-3-1-2-8(10(9)13)11(15-14)7-4-5-16-6-7/h1-3,7,11,15H,4-6,14H2. The van der Waals surface area contributed by atoms with Crippen LogP contribution >= 0.6 is 11.8 Å². The first-order valence-electron chi connectivity index (χ1n) is 5.22. The van der Waals surface area contributed by atoms with Crippen LogP contribution in [0.3, 0.4) is 0 Å². The summed E-state index contributed by atoms with van der Waals surface area (Å²) in [6.45, 7) is 0. The van der Waals surface area contributed by atoms with Crippen LogP contribution < -0.4 is 11.3 Å². The summed E-state index contributed by atoms with van der Waals surface area (Å²) in [6.07, 6.45) is 0.982. The van der Waals surface area contributed by atoms with Crippen LogP contribution in [-0.4, -0.2) is 11.5 Å². The molecule has 0 radical (unpaired) electrons. The van der Waals surface area contributed by atoms with Crippen LogP contribution in [0.25, 0.3) is 0 Å². The molecule has 1 aromatic rings. The molecule has 0 aliphatic carbocycles. The summed E-state index contributed by atoms with van der Waals surface area (Å²) in [5, 5.41) is 0. The number of benzene rings is 1. The van der Waals surface area contributed by atoms with Crippen LogP contribution in [0.2, 0.25) is 0 Å². The van der Waals surface area contributed by atoms with Gasteiger partial charge in [0.15, 0.2) is 11.6 Å². The molecule has 88 valence electrons. The average molecular weight is 244 g/mol. The molecule has 0 aromatic heterocycles. The van der Waals surface area contributed by atoms with Crippen molar-refractivity contribution in [1.29, 1.82) is 0 Å². The first kappa shape index (κ1) is 11.8. The average Bonchev–Trinajstić information content (AvgIpc) is 2.79. The van der Waals surface area contributed by atoms with E-state index in [1.54, 1.807) is 6.07 Å². The summed E-state index contributed by atoms with van der Waals surface area (Å²) in [5.74, 6) is 6.11. The summed E-state index contributed by atoms with van der Waals surface area (Å²) in [7, 11) is 0. The lowest BCUT2D eigenvalue weighted by atomic mass is 9.92. The van der Waals surface area contributed by atoms with Crippen molar-refractivity contribution in [1.82, 2.24) is 5.43 Å². The Hall–Kier alpha value is -0.650. The minimum absolute atomic E-state index is 0.270. The molecule has 5 heteroatoms. The van der Waals surface area contributed by atoms with Gasteiger partial charge in [-0.1, -0.05) is 12.1 Å². The van der Waals surface area contributed by atoms with Gasteiger partial charge in [0.2, 0.25) is 0 Å². The van der Waals surface area contributed by atoms with Crippen molar-refractivity contribution in [3.05, 3.63) is 35.4 Å². The third-order valence-electron chi connectivity index (χ3n) is 2.93. The largest absolute Gasteiger partial charge is 0.271 e. The van der Waals surface area contributed by atoms with Gasteiger partial charge in [-0.2, -0.15) is 11.8 Å². The highest BCUT2D eigenvalue weighted by atomic mass is 32.2. The van der Waals surface area contributed by atoms with E-state index in [1.165, 1.54) is 6.07 Å². The van der Waals surface area contributed by atoms with E-state index in [9.17, 15) is 8.78 Å². The van der Waals surface area contributed by atoms with Crippen molar-refractivity contribution < 1.29 is 8.78 Å². The van der Waals surface area contributed by atoms with Crippen molar-refractivity contribution in [3.63, 3.8) is 0 Å². The summed E-state index contributed by atoms with van der Waals surface area (Å²) in [4.78, 5) is 0. The van der Waals surface area contributed by atoms with Gasteiger partial charge in [-0.25, -0.2) is 8.78 Å². The highest BCUT2D eigenvalue weighted by molar-refractivity contribution is 7.99. The number of hydrazine groups is 1. The minimum atomic E-state index is -0.816. The predicted molar refractivity (Wildman–Crippen MR) is 61.9 cm³/mol. The third kappa shape index (κ3) is 2.21. The maximum Gasteiger partial charge on any atom is 0.163 e. The molecule has 3 N–H and O–H groups in total. The van der Waals surface area contributed by atoms with Gasteiger partial charge >= 0.3 is 0 Å². The van der Waals surface area contributed by atoms with E-state index in [0.29, 0.717) is 5.56 Å². The van der Waals surface area contributed by atoms with Crippen molar-refractivity contribution in [2.75, 3.05) is 11.5 Å². The Morgan fingerprint density at radius 1 is 1.44 bits per heavy atom. The lowest BCUT2D eigenvalue weighted by Gasteiger charge is -2.22. The summed E-state index contributed by atoms with van der Waals surface area (Å²) < 4.78 is 26.7. The Morgan fingerprint density at radius 3 is 2.88 bits per heavy atom. The SMILES string of the molecule is NNC(c1cccc(F)c1F)C1CCSC1. The number of thioether (sulfide) groups is 1. The zero-order valence-electron chi connectivity index (χ0n) is 8.75. The van der Waals surface area contributed by atoms with Crippen LogP contribution in [-0.2, 0) is 0 Å². The molecule has 2 atom stereocenters. The second-order valence-electron chi connectivity index (χ2n) is 3.91. The summed E-state index contributed by atoms with van der Waals surface area (Å²) >= 11 is 1.82. The summed E-state index contributed by atoms with van der Waals surface area (Å²) in [6, 6.07) is 3.92. The van der Waals surface area contributed by atoms with Gasteiger partial charge in [-0.15, -0.1) is 0 Å². The van der Waals surface area contributed by atoms with Gasteiger partial charge in [0, 0.05) is 5.56 Å². The van der Waals surface area contributed by atoms with E-state index in [-0.39, 0.29) is 12.0 Å². The molecule has 1 heterocycles. The smallest absolute Gasteiger partial charge is 0.163 e. The fourth-order valence-electron chi connectivity index (χ4n) is 2.06. The molecule has 0 bridgehead atoms. The first-order valence-corrected chi connectivity index (χ1v) is 6.37. The van der Waals surface area contributed by atoms with Crippen molar-refractivity contribution >= 4 is 11.8 Å². The highest BCUT2D eigenvalue weighted by Crippen LogP contribution is 2.34. The van der Waals surface area contributed by atoms with E-state index >= 15 is 0 Å². The second-order valence-corrected chi connectivity index (χ2v) is 5.06. The maximum absolute atomic E-state index is 13.6. The predicted octanol–water partition coefficient (Wildman–Crippen LogP) is 2.22. The Bertz CT molecular complexity index is 367. The molecule has 2 nitrogen and oxygen atoms in total. The van der Waals surface area contributed by atoms with Crippen LogP contribution in [0.4, 0.5) is 8.78 Å². The van der Waals surface area contributed by atoms with Gasteiger partial charge in [0.05, 0.1) is 6.04 Å². The topological polar surface area (TPSA) is 38.0 Å². The number of halogens is 2.